The maximum Gasteiger partial charge on any atom is 0.329 e. The first kappa shape index (κ1) is 12.2. The topological polar surface area (TPSA) is 66.4 Å². The van der Waals surface area contributed by atoms with E-state index in [1.54, 1.807) is 6.07 Å². The second kappa shape index (κ2) is 4.20. The number of benzene rings is 1. The molecular weight excluding hydrogens is 265 g/mol. The molecule has 0 radical (unpaired) electrons. The summed E-state index contributed by atoms with van der Waals surface area (Å²) in [5.74, 6) is -1.54. The molecule has 0 saturated heterocycles. The molecule has 17 heavy (non-hydrogen) atoms. The Morgan fingerprint density at radius 3 is 2.47 bits per heavy atom. The highest BCUT2D eigenvalue weighted by atomic mass is 35.5. The van der Waals surface area contributed by atoms with E-state index in [1.165, 1.54) is 12.1 Å². The highest BCUT2D eigenvalue weighted by molar-refractivity contribution is 6.35. The summed E-state index contributed by atoms with van der Waals surface area (Å²) in [5.41, 5.74) is -0.936. The van der Waals surface area contributed by atoms with Crippen LogP contribution in [0, 0.1) is 0 Å². The lowest BCUT2D eigenvalue weighted by Crippen LogP contribution is -2.43. The molecule has 1 aromatic carbocycles. The third kappa shape index (κ3) is 2.37. The van der Waals surface area contributed by atoms with Crippen LogP contribution in [0.4, 0.5) is 0 Å². The quantitative estimate of drug-likeness (QED) is 0.889. The number of aliphatic carboxylic acids is 1. The standard InChI is InChI=1S/C11H9Cl2NO3/c12-6-1-2-8(13)7(5-6)9(15)14-11(3-4-11)10(16)17/h1-2,5H,3-4H2,(H,14,15)(H,16,17). The normalized spacial score (nSPS) is 16.4. The molecule has 2 rings (SSSR count). The molecule has 6 heteroatoms. The van der Waals surface area contributed by atoms with Crippen LogP contribution in [0.25, 0.3) is 0 Å². The van der Waals surface area contributed by atoms with Crippen LogP contribution < -0.4 is 5.32 Å². The van der Waals surface area contributed by atoms with Gasteiger partial charge in [0, 0.05) is 5.02 Å². The molecule has 90 valence electrons. The lowest BCUT2D eigenvalue weighted by atomic mass is 10.2. The minimum atomic E-state index is -1.12. The monoisotopic (exact) mass is 273 g/mol. The summed E-state index contributed by atoms with van der Waals surface area (Å²) in [6.45, 7) is 0. The highest BCUT2D eigenvalue weighted by Gasteiger charge is 2.51. The second-order valence-electron chi connectivity index (χ2n) is 3.97. The molecule has 4 nitrogen and oxygen atoms in total. The summed E-state index contributed by atoms with van der Waals surface area (Å²) in [6, 6.07) is 4.47. The summed E-state index contributed by atoms with van der Waals surface area (Å²) >= 11 is 11.6. The van der Waals surface area contributed by atoms with E-state index in [-0.39, 0.29) is 10.6 Å². The molecule has 0 atom stereocenters. The van der Waals surface area contributed by atoms with Crippen molar-refractivity contribution in [3.8, 4) is 0 Å². The van der Waals surface area contributed by atoms with Crippen molar-refractivity contribution in [2.75, 3.05) is 0 Å². The van der Waals surface area contributed by atoms with E-state index in [2.05, 4.69) is 5.32 Å². The number of hydrogen-bond acceptors (Lipinski definition) is 2. The SMILES string of the molecule is O=C(NC1(C(=O)O)CC1)c1cc(Cl)ccc1Cl. The van der Waals surface area contributed by atoms with Gasteiger partial charge in [-0.1, -0.05) is 23.2 Å². The Balaban J connectivity index is 2.21. The predicted molar refractivity (Wildman–Crippen MR) is 63.5 cm³/mol. The van der Waals surface area contributed by atoms with E-state index in [1.807, 2.05) is 0 Å². The van der Waals surface area contributed by atoms with Gasteiger partial charge in [0.25, 0.3) is 5.91 Å². The van der Waals surface area contributed by atoms with E-state index in [4.69, 9.17) is 28.3 Å². The molecule has 2 N–H and O–H groups in total. The van der Waals surface area contributed by atoms with Gasteiger partial charge in [0.2, 0.25) is 0 Å². The molecule has 0 spiro atoms. The number of carbonyl (C=O) groups is 2. The number of carbonyl (C=O) groups excluding carboxylic acids is 1. The summed E-state index contributed by atoms with van der Waals surface area (Å²) in [6.07, 6.45) is 0.874. The zero-order valence-electron chi connectivity index (χ0n) is 8.67. The predicted octanol–water partition coefficient (Wildman–Crippen LogP) is 2.34. The van der Waals surface area contributed by atoms with Crippen molar-refractivity contribution < 1.29 is 14.7 Å². The van der Waals surface area contributed by atoms with Crippen LogP contribution in [0.5, 0.6) is 0 Å². The van der Waals surface area contributed by atoms with E-state index in [0.29, 0.717) is 17.9 Å². The molecule has 0 aliphatic heterocycles. The first-order chi connectivity index (χ1) is 7.94. The van der Waals surface area contributed by atoms with Crippen LogP contribution in [0.2, 0.25) is 10.0 Å². The third-order valence-electron chi connectivity index (χ3n) is 2.69. The summed E-state index contributed by atoms with van der Waals surface area (Å²) in [7, 11) is 0. The van der Waals surface area contributed by atoms with Crippen molar-refractivity contribution in [3.05, 3.63) is 33.8 Å². The first-order valence-corrected chi connectivity index (χ1v) is 5.71. The third-order valence-corrected chi connectivity index (χ3v) is 3.25. The van der Waals surface area contributed by atoms with Crippen molar-refractivity contribution in [1.29, 1.82) is 0 Å². The van der Waals surface area contributed by atoms with E-state index >= 15 is 0 Å². The first-order valence-electron chi connectivity index (χ1n) is 4.95. The van der Waals surface area contributed by atoms with Crippen LogP contribution in [-0.2, 0) is 4.79 Å². The fourth-order valence-corrected chi connectivity index (χ4v) is 1.85. The smallest absolute Gasteiger partial charge is 0.329 e. The molecule has 1 fully saturated rings. The minimum Gasteiger partial charge on any atom is -0.480 e. The number of amides is 1. The van der Waals surface area contributed by atoms with Gasteiger partial charge in [-0.25, -0.2) is 4.79 Å². The maximum absolute atomic E-state index is 11.9. The summed E-state index contributed by atoms with van der Waals surface area (Å²) in [4.78, 5) is 22.8. The van der Waals surface area contributed by atoms with Crippen molar-refractivity contribution in [1.82, 2.24) is 5.32 Å². The molecule has 0 aromatic heterocycles. The van der Waals surface area contributed by atoms with Gasteiger partial charge in [-0.05, 0) is 31.0 Å². The zero-order chi connectivity index (χ0) is 12.6. The van der Waals surface area contributed by atoms with Crippen LogP contribution in [0.1, 0.15) is 23.2 Å². The van der Waals surface area contributed by atoms with Gasteiger partial charge in [0.05, 0.1) is 10.6 Å². The lowest BCUT2D eigenvalue weighted by Gasteiger charge is -2.13. The number of carboxylic acids is 1. The number of nitrogens with one attached hydrogen (secondary N) is 1. The Morgan fingerprint density at radius 2 is 1.94 bits per heavy atom. The molecule has 1 aliphatic rings. The van der Waals surface area contributed by atoms with Crippen molar-refractivity contribution in [2.24, 2.45) is 0 Å². The molecule has 1 amide bonds. The number of hydrogen-bond donors (Lipinski definition) is 2. The molecular formula is C11H9Cl2NO3. The van der Waals surface area contributed by atoms with Gasteiger partial charge >= 0.3 is 5.97 Å². The zero-order valence-corrected chi connectivity index (χ0v) is 10.2. The number of rotatable bonds is 3. The largest absolute Gasteiger partial charge is 0.480 e. The van der Waals surface area contributed by atoms with Gasteiger partial charge < -0.3 is 10.4 Å². The number of halogens is 2. The maximum atomic E-state index is 11.9. The fraction of sp³-hybridized carbons (Fsp3) is 0.273. The molecule has 1 aromatic rings. The lowest BCUT2D eigenvalue weighted by molar-refractivity contribution is -0.140. The summed E-state index contributed by atoms with van der Waals surface area (Å²) in [5, 5.41) is 12.0. The van der Waals surface area contributed by atoms with Gasteiger partial charge in [-0.2, -0.15) is 0 Å². The van der Waals surface area contributed by atoms with Gasteiger partial charge in [0.15, 0.2) is 0 Å². The Kier molecular flexibility index (Phi) is 3.02. The average Bonchev–Trinajstić information content (AvgIpc) is 3.02. The fourth-order valence-electron chi connectivity index (χ4n) is 1.47. The molecule has 0 unspecified atom stereocenters. The Morgan fingerprint density at radius 1 is 1.29 bits per heavy atom. The second-order valence-corrected chi connectivity index (χ2v) is 4.81. The van der Waals surface area contributed by atoms with E-state index < -0.39 is 17.4 Å². The average molecular weight is 274 g/mol. The van der Waals surface area contributed by atoms with Crippen LogP contribution in [0.3, 0.4) is 0 Å². The van der Waals surface area contributed by atoms with Crippen LogP contribution in [0.15, 0.2) is 18.2 Å². The van der Waals surface area contributed by atoms with Crippen molar-refractivity contribution >= 4 is 35.1 Å². The molecule has 0 heterocycles. The molecule has 1 aliphatic carbocycles. The number of carboxylic acid groups (broad SMARTS) is 1. The molecule has 0 bridgehead atoms. The van der Waals surface area contributed by atoms with E-state index in [9.17, 15) is 9.59 Å². The Bertz CT molecular complexity index is 497. The van der Waals surface area contributed by atoms with Gasteiger partial charge in [0.1, 0.15) is 5.54 Å². The Hall–Kier alpha value is -1.26. The van der Waals surface area contributed by atoms with Crippen molar-refractivity contribution in [2.45, 2.75) is 18.4 Å². The Labute approximate surface area is 108 Å². The van der Waals surface area contributed by atoms with Gasteiger partial charge in [-0.3, -0.25) is 4.79 Å². The van der Waals surface area contributed by atoms with Gasteiger partial charge in [-0.15, -0.1) is 0 Å². The van der Waals surface area contributed by atoms with Crippen LogP contribution >= 0.6 is 23.2 Å². The van der Waals surface area contributed by atoms with E-state index in [0.717, 1.165) is 0 Å². The highest BCUT2D eigenvalue weighted by Crippen LogP contribution is 2.36. The minimum absolute atomic E-state index is 0.187. The summed E-state index contributed by atoms with van der Waals surface area (Å²) < 4.78 is 0. The van der Waals surface area contributed by atoms with Crippen LogP contribution in [-0.4, -0.2) is 22.5 Å². The van der Waals surface area contributed by atoms with Crippen molar-refractivity contribution in [3.63, 3.8) is 0 Å². The molecule has 1 saturated carbocycles.